The minimum atomic E-state index is -4.50. The first-order valence-corrected chi connectivity index (χ1v) is 8.45. The molecule has 0 aromatic heterocycles. The number of anilines is 1. The summed E-state index contributed by atoms with van der Waals surface area (Å²) < 4.78 is 30.3. The molecule has 7 nitrogen and oxygen atoms in total. The molecule has 0 saturated heterocycles. The van der Waals surface area contributed by atoms with Gasteiger partial charge < -0.3 is 5.32 Å². The summed E-state index contributed by atoms with van der Waals surface area (Å²) >= 11 is 0. The van der Waals surface area contributed by atoms with Crippen LogP contribution in [0.15, 0.2) is 42.5 Å². The van der Waals surface area contributed by atoms with E-state index in [1.54, 1.807) is 18.2 Å². The third-order valence-electron chi connectivity index (χ3n) is 3.54. The third kappa shape index (κ3) is 2.84. The maximum Gasteiger partial charge on any atom is 0.274 e. The monoisotopic (exact) mass is 345 g/mol. The van der Waals surface area contributed by atoms with Gasteiger partial charge in [-0.15, -0.1) is 0 Å². The van der Waals surface area contributed by atoms with E-state index < -0.39 is 27.6 Å². The van der Waals surface area contributed by atoms with E-state index in [4.69, 9.17) is 4.55 Å². The average Bonchev–Trinajstić information content (AvgIpc) is 2.50. The van der Waals surface area contributed by atoms with Crippen molar-refractivity contribution in [3.8, 4) is 0 Å². The van der Waals surface area contributed by atoms with Crippen molar-refractivity contribution in [3.05, 3.63) is 64.7 Å². The van der Waals surface area contributed by atoms with Gasteiger partial charge in [0.15, 0.2) is 17.3 Å². The van der Waals surface area contributed by atoms with Gasteiger partial charge in [0.1, 0.15) is 0 Å². The van der Waals surface area contributed by atoms with Crippen LogP contribution in [0.5, 0.6) is 0 Å². The molecule has 1 aliphatic carbocycles. The van der Waals surface area contributed by atoms with Crippen LogP contribution in [-0.2, 0) is 14.9 Å². The molecule has 1 amide bonds. The molecule has 0 aliphatic heterocycles. The first-order chi connectivity index (χ1) is 11.3. The molecule has 2 aromatic rings. The quantitative estimate of drug-likeness (QED) is 0.691. The zero-order valence-corrected chi connectivity index (χ0v) is 13.0. The predicted molar refractivity (Wildman–Crippen MR) is 84.8 cm³/mol. The summed E-state index contributed by atoms with van der Waals surface area (Å²) in [7, 11) is -4.50. The molecule has 0 unspecified atom stereocenters. The largest absolute Gasteiger partial charge is 0.324 e. The fourth-order valence-corrected chi connectivity index (χ4v) is 3.00. The lowest BCUT2D eigenvalue weighted by Crippen LogP contribution is -2.26. The smallest absolute Gasteiger partial charge is 0.274 e. The van der Waals surface area contributed by atoms with E-state index in [0.717, 1.165) is 0 Å². The molecule has 0 radical (unpaired) electrons. The Balaban J connectivity index is 2.06. The van der Waals surface area contributed by atoms with Crippen LogP contribution in [0.3, 0.4) is 0 Å². The SMILES string of the molecule is O=C(CS(=O)(=O)O)Nc1cccc2c1C(=O)c1ccccc1C2=O. The van der Waals surface area contributed by atoms with Crippen LogP contribution in [-0.4, -0.2) is 36.2 Å². The van der Waals surface area contributed by atoms with Gasteiger partial charge >= 0.3 is 0 Å². The maximum absolute atomic E-state index is 12.7. The number of hydrogen-bond donors (Lipinski definition) is 2. The summed E-state index contributed by atoms with van der Waals surface area (Å²) in [6.07, 6.45) is 0. The van der Waals surface area contributed by atoms with Gasteiger partial charge in [-0.1, -0.05) is 36.4 Å². The first kappa shape index (κ1) is 16.0. The minimum Gasteiger partial charge on any atom is -0.324 e. The van der Waals surface area contributed by atoms with E-state index in [0.29, 0.717) is 0 Å². The molecule has 2 N–H and O–H groups in total. The topological polar surface area (TPSA) is 118 Å². The molecule has 1 aliphatic rings. The zero-order chi connectivity index (χ0) is 17.5. The van der Waals surface area contributed by atoms with E-state index in [2.05, 4.69) is 5.32 Å². The Labute approximate surface area is 137 Å². The molecule has 122 valence electrons. The molecular weight excluding hydrogens is 334 g/mol. The van der Waals surface area contributed by atoms with Crippen molar-refractivity contribution in [2.45, 2.75) is 0 Å². The van der Waals surface area contributed by atoms with Gasteiger partial charge in [0.25, 0.3) is 10.1 Å². The molecule has 0 spiro atoms. The molecule has 0 saturated carbocycles. The van der Waals surface area contributed by atoms with Crippen molar-refractivity contribution in [1.82, 2.24) is 0 Å². The van der Waals surface area contributed by atoms with Crippen LogP contribution < -0.4 is 5.32 Å². The molecule has 2 aromatic carbocycles. The highest BCUT2D eigenvalue weighted by Gasteiger charge is 2.31. The Kier molecular flexibility index (Phi) is 3.78. The van der Waals surface area contributed by atoms with Gasteiger partial charge in [-0.05, 0) is 6.07 Å². The van der Waals surface area contributed by atoms with Gasteiger partial charge in [0.05, 0.1) is 11.3 Å². The molecule has 24 heavy (non-hydrogen) atoms. The van der Waals surface area contributed by atoms with E-state index in [9.17, 15) is 22.8 Å². The molecular formula is C16H11NO6S. The predicted octanol–water partition coefficient (Wildman–Crippen LogP) is 1.29. The number of hydrogen-bond acceptors (Lipinski definition) is 5. The Morgan fingerprint density at radius 1 is 0.917 bits per heavy atom. The number of ketones is 2. The number of benzene rings is 2. The summed E-state index contributed by atoms with van der Waals surface area (Å²) in [6, 6.07) is 10.6. The molecule has 8 heteroatoms. The maximum atomic E-state index is 12.7. The molecule has 3 rings (SSSR count). The van der Waals surface area contributed by atoms with Crippen LogP contribution in [0, 0.1) is 0 Å². The van der Waals surface area contributed by atoms with Crippen LogP contribution in [0.1, 0.15) is 31.8 Å². The lowest BCUT2D eigenvalue weighted by molar-refractivity contribution is -0.113. The lowest BCUT2D eigenvalue weighted by atomic mass is 9.83. The fraction of sp³-hybridized carbons (Fsp3) is 0.0625. The molecule has 0 atom stereocenters. The van der Waals surface area contributed by atoms with Crippen molar-refractivity contribution < 1.29 is 27.4 Å². The Morgan fingerprint density at radius 3 is 2.12 bits per heavy atom. The second-order valence-electron chi connectivity index (χ2n) is 5.21. The van der Waals surface area contributed by atoms with Crippen LogP contribution >= 0.6 is 0 Å². The minimum absolute atomic E-state index is 0.00453. The van der Waals surface area contributed by atoms with Crippen LogP contribution in [0.2, 0.25) is 0 Å². The number of carbonyl (C=O) groups excluding carboxylic acids is 3. The third-order valence-corrected chi connectivity index (χ3v) is 4.17. The van der Waals surface area contributed by atoms with Gasteiger partial charge in [-0.3, -0.25) is 18.9 Å². The second-order valence-corrected chi connectivity index (χ2v) is 6.66. The van der Waals surface area contributed by atoms with Gasteiger partial charge in [0.2, 0.25) is 5.91 Å². The van der Waals surface area contributed by atoms with Gasteiger partial charge in [-0.25, -0.2) is 0 Å². The normalized spacial score (nSPS) is 13.2. The number of nitrogens with one attached hydrogen (secondary N) is 1. The first-order valence-electron chi connectivity index (χ1n) is 6.84. The highest BCUT2D eigenvalue weighted by Crippen LogP contribution is 2.31. The molecule has 0 bridgehead atoms. The summed E-state index contributed by atoms with van der Waals surface area (Å²) in [5, 5.41) is 2.26. The van der Waals surface area contributed by atoms with E-state index in [1.165, 1.54) is 24.3 Å². The van der Waals surface area contributed by atoms with Crippen molar-refractivity contribution in [2.24, 2.45) is 0 Å². The average molecular weight is 345 g/mol. The Morgan fingerprint density at radius 2 is 1.50 bits per heavy atom. The molecule has 0 heterocycles. The van der Waals surface area contributed by atoms with Gasteiger partial charge in [0, 0.05) is 16.7 Å². The fourth-order valence-electron chi connectivity index (χ4n) is 2.60. The van der Waals surface area contributed by atoms with Crippen molar-refractivity contribution in [1.29, 1.82) is 0 Å². The lowest BCUT2D eigenvalue weighted by Gasteiger charge is -2.20. The summed E-state index contributed by atoms with van der Waals surface area (Å²) in [6.45, 7) is 0. The van der Waals surface area contributed by atoms with Gasteiger partial charge in [-0.2, -0.15) is 8.42 Å². The van der Waals surface area contributed by atoms with Crippen molar-refractivity contribution in [3.63, 3.8) is 0 Å². The Hall–Kier alpha value is -2.84. The number of carbonyl (C=O) groups is 3. The highest BCUT2D eigenvalue weighted by atomic mass is 32.2. The van der Waals surface area contributed by atoms with E-state index in [1.807, 2.05) is 0 Å². The standard InChI is InChI=1S/C16H11NO6S/c18-13(8-24(21,22)23)17-12-7-3-6-11-14(12)16(20)10-5-2-1-4-9(10)15(11)19/h1-7H,8H2,(H,17,18)(H,21,22,23). The van der Waals surface area contributed by atoms with E-state index >= 15 is 0 Å². The summed E-state index contributed by atoms with van der Waals surface area (Å²) in [5.74, 6) is -2.95. The zero-order valence-electron chi connectivity index (χ0n) is 12.1. The van der Waals surface area contributed by atoms with Crippen LogP contribution in [0.25, 0.3) is 0 Å². The summed E-state index contributed by atoms with van der Waals surface area (Å²) in [5.41, 5.74) is 0.644. The van der Waals surface area contributed by atoms with Crippen molar-refractivity contribution >= 4 is 33.3 Å². The van der Waals surface area contributed by atoms with E-state index in [-0.39, 0.29) is 33.7 Å². The number of fused-ring (bicyclic) bond motifs is 2. The molecule has 0 fully saturated rings. The highest BCUT2D eigenvalue weighted by molar-refractivity contribution is 7.86. The van der Waals surface area contributed by atoms with Crippen LogP contribution in [0.4, 0.5) is 5.69 Å². The second kappa shape index (κ2) is 5.66. The number of amides is 1. The van der Waals surface area contributed by atoms with Crippen molar-refractivity contribution in [2.75, 3.05) is 11.1 Å². The number of rotatable bonds is 3. The Bertz CT molecular complexity index is 993. The summed E-state index contributed by atoms with van der Waals surface area (Å²) in [4.78, 5) is 36.9.